The van der Waals surface area contributed by atoms with E-state index in [9.17, 15) is 0 Å². The van der Waals surface area contributed by atoms with Crippen LogP contribution in [0.2, 0.25) is 0 Å². The highest BCUT2D eigenvalue weighted by molar-refractivity contribution is 6.28. The van der Waals surface area contributed by atoms with Gasteiger partial charge in [-0.15, -0.1) is 0 Å². The zero-order valence-corrected chi connectivity index (χ0v) is 25.1. The van der Waals surface area contributed by atoms with Gasteiger partial charge in [0.1, 0.15) is 33.5 Å². The molecule has 3 heterocycles. The van der Waals surface area contributed by atoms with E-state index in [-0.39, 0.29) is 0 Å². The predicted molar refractivity (Wildman–Crippen MR) is 194 cm³/mol. The minimum Gasteiger partial charge on any atom is -0.456 e. The molecule has 0 N–H and O–H groups in total. The molecule has 3 heteroatoms. The Balaban J connectivity index is 1.22. The van der Waals surface area contributed by atoms with Gasteiger partial charge in [-0.1, -0.05) is 103 Å². The molecule has 3 aromatic heterocycles. The number of hydrogen-bond donors (Lipinski definition) is 0. The first-order valence-electron chi connectivity index (χ1n) is 15.9. The van der Waals surface area contributed by atoms with E-state index in [2.05, 4.69) is 109 Å². The molecule has 0 saturated carbocycles. The van der Waals surface area contributed by atoms with Crippen LogP contribution in [0.25, 0.3) is 110 Å². The molecule has 0 radical (unpaired) electrons. The van der Waals surface area contributed by atoms with Gasteiger partial charge >= 0.3 is 0 Å². The summed E-state index contributed by atoms with van der Waals surface area (Å²) < 4.78 is 19.1. The molecule has 11 aromatic rings. The average Bonchev–Trinajstić information content (AvgIpc) is 3.81. The number of rotatable bonds is 2. The van der Waals surface area contributed by atoms with Crippen LogP contribution in [0.15, 0.2) is 159 Å². The SMILES string of the molecule is c1ccc2c(c1)oc1cccc(-c3c4ccccc4c(-c4ccc5c(c4)oc4ccc6oc7ccccc7c6c45)c4ccccc34)c12. The molecule has 0 atom stereocenters. The summed E-state index contributed by atoms with van der Waals surface area (Å²) in [5.41, 5.74) is 10.0. The fourth-order valence-corrected chi connectivity index (χ4v) is 7.95. The number of para-hydroxylation sites is 2. The van der Waals surface area contributed by atoms with Gasteiger partial charge in [-0.05, 0) is 86.3 Å². The largest absolute Gasteiger partial charge is 0.456 e. The van der Waals surface area contributed by atoms with Crippen LogP contribution in [0.5, 0.6) is 0 Å². The Bertz CT molecular complexity index is 3020. The standard InChI is InChI=1S/C44H24O3/c1-3-12-28-26(10-1)40(25-20-21-32-39(24-25)47-38-23-22-37-43(44(32)38)31-15-6-8-18-35(31)46-37)27-11-2-4-13-29(27)41(28)33-16-9-19-36-42(33)30-14-5-7-17-34(30)45-36/h1-24H. The third-order valence-corrected chi connectivity index (χ3v) is 9.87. The van der Waals surface area contributed by atoms with E-state index in [1.807, 2.05) is 36.4 Å². The average molecular weight is 601 g/mol. The molecule has 8 aromatic carbocycles. The maximum atomic E-state index is 6.59. The summed E-state index contributed by atoms with van der Waals surface area (Å²) in [5.74, 6) is 0. The Kier molecular flexibility index (Phi) is 4.84. The van der Waals surface area contributed by atoms with Crippen molar-refractivity contribution in [2.75, 3.05) is 0 Å². The van der Waals surface area contributed by atoms with Crippen molar-refractivity contribution in [3.63, 3.8) is 0 Å². The summed E-state index contributed by atoms with van der Waals surface area (Å²) in [7, 11) is 0. The second-order valence-corrected chi connectivity index (χ2v) is 12.3. The summed E-state index contributed by atoms with van der Waals surface area (Å²) in [6, 6.07) is 51.2. The van der Waals surface area contributed by atoms with Gasteiger partial charge in [-0.2, -0.15) is 0 Å². The summed E-state index contributed by atoms with van der Waals surface area (Å²) in [5, 5.41) is 11.5. The van der Waals surface area contributed by atoms with Gasteiger partial charge in [0.15, 0.2) is 0 Å². The van der Waals surface area contributed by atoms with Crippen LogP contribution in [0, 0.1) is 0 Å². The van der Waals surface area contributed by atoms with Crippen LogP contribution in [-0.4, -0.2) is 0 Å². The van der Waals surface area contributed by atoms with E-state index >= 15 is 0 Å². The Morgan fingerprint density at radius 3 is 1.34 bits per heavy atom. The minimum absolute atomic E-state index is 0.863. The summed E-state index contributed by atoms with van der Waals surface area (Å²) in [4.78, 5) is 0. The topological polar surface area (TPSA) is 39.4 Å². The van der Waals surface area contributed by atoms with Crippen molar-refractivity contribution in [3.8, 4) is 22.3 Å². The lowest BCUT2D eigenvalue weighted by Crippen LogP contribution is -1.91. The lowest BCUT2D eigenvalue weighted by atomic mass is 9.85. The molecule has 0 saturated heterocycles. The summed E-state index contributed by atoms with van der Waals surface area (Å²) in [6.45, 7) is 0. The monoisotopic (exact) mass is 600 g/mol. The van der Waals surface area contributed by atoms with Crippen molar-refractivity contribution in [1.29, 1.82) is 0 Å². The third kappa shape index (κ3) is 3.35. The van der Waals surface area contributed by atoms with Gasteiger partial charge in [0, 0.05) is 32.3 Å². The van der Waals surface area contributed by atoms with Crippen LogP contribution in [0.4, 0.5) is 0 Å². The first-order valence-corrected chi connectivity index (χ1v) is 15.9. The maximum Gasteiger partial charge on any atom is 0.136 e. The fourth-order valence-electron chi connectivity index (χ4n) is 7.95. The molecule has 0 aliphatic carbocycles. The molecule has 0 aliphatic heterocycles. The van der Waals surface area contributed by atoms with Gasteiger partial charge in [-0.25, -0.2) is 0 Å². The van der Waals surface area contributed by atoms with Crippen molar-refractivity contribution < 1.29 is 13.3 Å². The third-order valence-electron chi connectivity index (χ3n) is 9.87. The van der Waals surface area contributed by atoms with Crippen molar-refractivity contribution >= 4 is 87.4 Å². The number of benzene rings is 8. The number of furan rings is 3. The van der Waals surface area contributed by atoms with E-state index in [1.54, 1.807) is 0 Å². The lowest BCUT2D eigenvalue weighted by molar-refractivity contribution is 0.663. The molecule has 218 valence electrons. The molecule has 0 unspecified atom stereocenters. The fraction of sp³-hybridized carbons (Fsp3) is 0. The Hall–Kier alpha value is -6.32. The van der Waals surface area contributed by atoms with E-state index in [0.717, 1.165) is 71.4 Å². The molecule has 0 spiro atoms. The van der Waals surface area contributed by atoms with Crippen LogP contribution in [0.1, 0.15) is 0 Å². The van der Waals surface area contributed by atoms with Gasteiger partial charge in [0.2, 0.25) is 0 Å². The summed E-state index contributed by atoms with van der Waals surface area (Å²) >= 11 is 0. The van der Waals surface area contributed by atoms with Gasteiger partial charge < -0.3 is 13.3 Å². The highest BCUT2D eigenvalue weighted by Gasteiger charge is 2.21. The van der Waals surface area contributed by atoms with Crippen molar-refractivity contribution in [3.05, 3.63) is 146 Å². The second kappa shape index (κ2) is 9.12. The first-order chi connectivity index (χ1) is 23.3. The molecule has 0 bridgehead atoms. The van der Waals surface area contributed by atoms with Gasteiger partial charge in [0.25, 0.3) is 0 Å². The zero-order valence-electron chi connectivity index (χ0n) is 25.1. The van der Waals surface area contributed by atoms with Crippen LogP contribution in [0.3, 0.4) is 0 Å². The van der Waals surface area contributed by atoms with Crippen molar-refractivity contribution in [2.45, 2.75) is 0 Å². The van der Waals surface area contributed by atoms with E-state index < -0.39 is 0 Å². The van der Waals surface area contributed by atoms with Crippen molar-refractivity contribution in [2.24, 2.45) is 0 Å². The molecule has 11 rings (SSSR count). The molecular weight excluding hydrogens is 576 g/mol. The Morgan fingerprint density at radius 1 is 0.277 bits per heavy atom. The normalized spacial score (nSPS) is 12.3. The zero-order chi connectivity index (χ0) is 30.6. The molecule has 0 amide bonds. The number of hydrogen-bond acceptors (Lipinski definition) is 3. The van der Waals surface area contributed by atoms with E-state index in [4.69, 9.17) is 13.3 Å². The smallest absolute Gasteiger partial charge is 0.136 e. The number of fused-ring (bicyclic) bond motifs is 12. The first kappa shape index (κ1) is 24.9. The maximum absolute atomic E-state index is 6.59. The second-order valence-electron chi connectivity index (χ2n) is 12.3. The quantitative estimate of drug-likeness (QED) is 0.185. The Morgan fingerprint density at radius 2 is 0.723 bits per heavy atom. The Labute approximate surface area is 267 Å². The molecular formula is C44H24O3. The minimum atomic E-state index is 0.863. The highest BCUT2D eigenvalue weighted by Crippen LogP contribution is 2.48. The lowest BCUT2D eigenvalue weighted by Gasteiger charge is -2.18. The molecule has 47 heavy (non-hydrogen) atoms. The van der Waals surface area contributed by atoms with Gasteiger partial charge in [0.05, 0.1) is 0 Å². The van der Waals surface area contributed by atoms with Crippen LogP contribution < -0.4 is 0 Å². The molecule has 0 fully saturated rings. The molecule has 3 nitrogen and oxygen atoms in total. The predicted octanol–water partition coefficient (Wildman–Crippen LogP) is 13.0. The van der Waals surface area contributed by atoms with Gasteiger partial charge in [-0.3, -0.25) is 0 Å². The highest BCUT2D eigenvalue weighted by atomic mass is 16.3. The molecule has 0 aliphatic rings. The van der Waals surface area contributed by atoms with E-state index in [1.165, 1.54) is 38.2 Å². The van der Waals surface area contributed by atoms with Crippen molar-refractivity contribution in [1.82, 2.24) is 0 Å². The van der Waals surface area contributed by atoms with Crippen LogP contribution in [-0.2, 0) is 0 Å². The van der Waals surface area contributed by atoms with Crippen LogP contribution >= 0.6 is 0 Å². The summed E-state index contributed by atoms with van der Waals surface area (Å²) in [6.07, 6.45) is 0. The van der Waals surface area contributed by atoms with E-state index in [0.29, 0.717) is 0 Å².